The average Bonchev–Trinajstić information content (AvgIpc) is 3.45. The summed E-state index contributed by atoms with van der Waals surface area (Å²) in [6, 6.07) is 11.3. The van der Waals surface area contributed by atoms with E-state index in [0.717, 1.165) is 5.56 Å². The smallest absolute Gasteiger partial charge is 0.323 e. The van der Waals surface area contributed by atoms with Gasteiger partial charge in [-0.15, -0.1) is 0 Å². The molecule has 1 fully saturated rings. The van der Waals surface area contributed by atoms with Crippen molar-refractivity contribution >= 4 is 27.9 Å². The number of urea groups is 1. The maximum atomic E-state index is 14.1. The average molecular weight is 671 g/mol. The third-order valence-corrected chi connectivity index (χ3v) is 9.60. The Morgan fingerprint density at radius 2 is 1.77 bits per heavy atom. The molecule has 13 nitrogen and oxygen atoms in total. The Kier molecular flexibility index (Phi) is 11.6. The number of carbonyl (C=O) groups excluding carboxylic acids is 2. The van der Waals surface area contributed by atoms with Crippen molar-refractivity contribution in [3.8, 4) is 0 Å². The van der Waals surface area contributed by atoms with Gasteiger partial charge in [0.05, 0.1) is 28.8 Å². The zero-order chi connectivity index (χ0) is 34.3. The number of sulfonamides is 1. The van der Waals surface area contributed by atoms with Gasteiger partial charge in [-0.3, -0.25) is 14.6 Å². The number of carbonyl (C=O) groups is 3. The van der Waals surface area contributed by atoms with Crippen LogP contribution in [0.2, 0.25) is 0 Å². The summed E-state index contributed by atoms with van der Waals surface area (Å²) in [6.45, 7) is 4.04. The Labute approximate surface area is 272 Å². The van der Waals surface area contributed by atoms with Gasteiger partial charge in [-0.05, 0) is 56.5 Å². The quantitative estimate of drug-likeness (QED) is 0.181. The summed E-state index contributed by atoms with van der Waals surface area (Å²) in [4.78, 5) is 43.6. The number of halogens is 1. The van der Waals surface area contributed by atoms with Crippen LogP contribution >= 0.6 is 0 Å². The lowest BCUT2D eigenvalue weighted by Gasteiger charge is -2.29. The molecule has 1 aromatic heterocycles. The molecule has 4 rings (SSSR count). The molecule has 47 heavy (non-hydrogen) atoms. The van der Waals surface area contributed by atoms with Crippen LogP contribution in [0, 0.1) is 26.6 Å². The van der Waals surface area contributed by atoms with Crippen molar-refractivity contribution in [1.82, 2.24) is 25.2 Å². The fourth-order valence-corrected chi connectivity index (χ4v) is 7.32. The number of benzene rings is 2. The maximum Gasteiger partial charge on any atom is 0.323 e. The number of likely N-dealkylation sites (tertiary alicyclic amines) is 1. The zero-order valence-corrected chi connectivity index (χ0v) is 27.1. The van der Waals surface area contributed by atoms with Gasteiger partial charge in [-0.1, -0.05) is 42.0 Å². The van der Waals surface area contributed by atoms with Crippen molar-refractivity contribution in [1.29, 1.82) is 0 Å². The molecule has 15 heteroatoms. The van der Waals surface area contributed by atoms with Crippen LogP contribution in [0.3, 0.4) is 0 Å². The Morgan fingerprint density at radius 1 is 1.09 bits per heavy atom. The van der Waals surface area contributed by atoms with E-state index in [9.17, 15) is 32.3 Å². The van der Waals surface area contributed by atoms with Crippen LogP contribution in [-0.4, -0.2) is 79.2 Å². The van der Waals surface area contributed by atoms with Crippen LogP contribution in [-0.2, 0) is 30.9 Å². The Balaban J connectivity index is 1.37. The molecule has 1 aliphatic rings. The fourth-order valence-electron chi connectivity index (χ4n) is 5.68. The molecule has 0 aliphatic carbocycles. The van der Waals surface area contributed by atoms with Crippen molar-refractivity contribution < 1.29 is 37.0 Å². The summed E-state index contributed by atoms with van der Waals surface area (Å²) in [5.41, 5.74) is 9.15. The van der Waals surface area contributed by atoms with E-state index in [1.807, 2.05) is 6.92 Å². The SMILES string of the molecule is Cc1cc(C)c(S(=O)(=O)NC(CNC(=O)COC2CC(C(N)c3ccccn3)N(C(=O)NCc3ccccc3F)C2)C(=O)O)c(C)c1. The van der Waals surface area contributed by atoms with Gasteiger partial charge >= 0.3 is 12.0 Å². The summed E-state index contributed by atoms with van der Waals surface area (Å²) >= 11 is 0. The van der Waals surface area contributed by atoms with Gasteiger partial charge in [-0.25, -0.2) is 17.6 Å². The van der Waals surface area contributed by atoms with E-state index in [0.29, 0.717) is 22.4 Å². The molecule has 1 aliphatic heterocycles. The number of nitrogens with one attached hydrogen (secondary N) is 3. The number of aliphatic carboxylic acids is 1. The molecular weight excluding hydrogens is 631 g/mol. The first-order valence-corrected chi connectivity index (χ1v) is 16.4. The van der Waals surface area contributed by atoms with Crippen LogP contribution in [0.5, 0.6) is 0 Å². The second-order valence-corrected chi connectivity index (χ2v) is 13.1. The highest BCUT2D eigenvalue weighted by Gasteiger charge is 2.40. The Bertz CT molecular complexity index is 1690. The number of hydrogen-bond donors (Lipinski definition) is 5. The van der Waals surface area contributed by atoms with E-state index in [1.54, 1.807) is 68.6 Å². The minimum absolute atomic E-state index is 0.0220. The van der Waals surface area contributed by atoms with E-state index in [-0.39, 0.29) is 24.4 Å². The van der Waals surface area contributed by atoms with Gasteiger partial charge in [0.2, 0.25) is 15.9 Å². The molecule has 2 heterocycles. The number of nitrogens with two attached hydrogens (primary N) is 1. The Hall–Kier alpha value is -4.44. The van der Waals surface area contributed by atoms with Crippen molar-refractivity contribution in [2.45, 2.75) is 62.9 Å². The van der Waals surface area contributed by atoms with Crippen molar-refractivity contribution in [3.63, 3.8) is 0 Å². The molecule has 6 N–H and O–H groups in total. The number of amides is 3. The Morgan fingerprint density at radius 3 is 2.40 bits per heavy atom. The van der Waals surface area contributed by atoms with E-state index in [2.05, 4.69) is 20.3 Å². The van der Waals surface area contributed by atoms with Gasteiger partial charge in [0.15, 0.2) is 0 Å². The third kappa shape index (κ3) is 9.10. The predicted octanol–water partition coefficient (Wildman–Crippen LogP) is 2.06. The summed E-state index contributed by atoms with van der Waals surface area (Å²) in [5, 5.41) is 14.8. The minimum atomic E-state index is -4.23. The number of nitrogens with zero attached hydrogens (tertiary/aromatic N) is 2. The van der Waals surface area contributed by atoms with Gasteiger partial charge in [0.25, 0.3) is 0 Å². The monoisotopic (exact) mass is 670 g/mol. The molecule has 0 radical (unpaired) electrons. The second-order valence-electron chi connectivity index (χ2n) is 11.5. The number of aryl methyl sites for hydroxylation is 3. The summed E-state index contributed by atoms with van der Waals surface area (Å²) < 4.78 is 48.2. The molecule has 0 saturated carbocycles. The molecular formula is C32H39FN6O7S. The minimum Gasteiger partial charge on any atom is -0.480 e. The number of ether oxygens (including phenoxy) is 1. The maximum absolute atomic E-state index is 14.1. The van der Waals surface area contributed by atoms with Gasteiger partial charge < -0.3 is 31.1 Å². The molecule has 2 aromatic carbocycles. The standard InChI is InChI=1S/C32H39FN6O7S/c1-19-12-20(2)30(21(3)13-19)47(44,45)38-26(31(41)42)16-36-28(40)18-46-23-14-27(29(34)25-10-6-7-11-35-25)39(17-23)32(43)37-15-22-8-4-5-9-24(22)33/h4-13,23,26-27,29,38H,14-18,34H2,1-3H3,(H,36,40)(H,37,43)(H,41,42). The lowest BCUT2D eigenvalue weighted by atomic mass is 10.0. The third-order valence-electron chi connectivity index (χ3n) is 7.82. The van der Waals surface area contributed by atoms with Crippen LogP contribution in [0.4, 0.5) is 9.18 Å². The van der Waals surface area contributed by atoms with E-state index >= 15 is 0 Å². The molecule has 3 amide bonds. The summed E-state index contributed by atoms with van der Waals surface area (Å²) in [5.74, 6) is -2.62. The first-order chi connectivity index (χ1) is 22.3. The van der Waals surface area contributed by atoms with Gasteiger partial charge in [0, 0.05) is 31.4 Å². The highest BCUT2D eigenvalue weighted by atomic mass is 32.2. The zero-order valence-electron chi connectivity index (χ0n) is 26.3. The lowest BCUT2D eigenvalue weighted by molar-refractivity contribution is -0.139. The highest BCUT2D eigenvalue weighted by molar-refractivity contribution is 7.89. The first kappa shape index (κ1) is 35.4. The predicted molar refractivity (Wildman–Crippen MR) is 170 cm³/mol. The lowest BCUT2D eigenvalue weighted by Crippen LogP contribution is -2.49. The first-order valence-electron chi connectivity index (χ1n) is 14.9. The number of aromatic nitrogens is 1. The van der Waals surface area contributed by atoms with Crippen molar-refractivity contribution in [3.05, 3.63) is 94.6 Å². The molecule has 4 unspecified atom stereocenters. The van der Waals surface area contributed by atoms with Gasteiger partial charge in [-0.2, -0.15) is 4.72 Å². The van der Waals surface area contributed by atoms with Crippen LogP contribution in [0.25, 0.3) is 0 Å². The number of rotatable bonds is 13. The summed E-state index contributed by atoms with van der Waals surface area (Å²) in [6.07, 6.45) is 1.21. The normalized spacial score (nSPS) is 17.6. The number of pyridine rings is 1. The molecule has 4 atom stereocenters. The molecule has 0 bridgehead atoms. The van der Waals surface area contributed by atoms with Crippen LogP contribution in [0.1, 0.15) is 40.4 Å². The van der Waals surface area contributed by atoms with Crippen molar-refractivity contribution in [2.24, 2.45) is 5.73 Å². The summed E-state index contributed by atoms with van der Waals surface area (Å²) in [7, 11) is -4.23. The topological polar surface area (TPSA) is 193 Å². The molecule has 1 saturated heterocycles. The highest BCUT2D eigenvalue weighted by Crippen LogP contribution is 2.29. The number of carboxylic acid groups (broad SMARTS) is 1. The van der Waals surface area contributed by atoms with E-state index in [1.165, 1.54) is 11.0 Å². The van der Waals surface area contributed by atoms with Gasteiger partial charge in [0.1, 0.15) is 18.5 Å². The molecule has 0 spiro atoms. The van der Waals surface area contributed by atoms with Crippen LogP contribution < -0.4 is 21.1 Å². The van der Waals surface area contributed by atoms with Crippen LogP contribution in [0.15, 0.2) is 65.7 Å². The van der Waals surface area contributed by atoms with Crippen molar-refractivity contribution in [2.75, 3.05) is 19.7 Å². The largest absolute Gasteiger partial charge is 0.480 e. The van der Waals surface area contributed by atoms with E-state index in [4.69, 9.17) is 10.5 Å². The second kappa shape index (κ2) is 15.4. The molecule has 3 aromatic rings. The number of hydrogen-bond acceptors (Lipinski definition) is 8. The van der Waals surface area contributed by atoms with E-state index < -0.39 is 71.1 Å². The fraction of sp³-hybridized carbons (Fsp3) is 0.375. The molecule has 252 valence electrons. The number of carboxylic acids is 1.